The normalized spacial score (nSPS) is 15.0. The largest absolute Gasteiger partial charge is 0.491 e. The first-order chi connectivity index (χ1) is 17.9. The van der Waals surface area contributed by atoms with Crippen molar-refractivity contribution in [3.05, 3.63) is 82.5 Å². The molecule has 2 aromatic heterocycles. The van der Waals surface area contributed by atoms with Crippen molar-refractivity contribution in [3.63, 3.8) is 0 Å². The first kappa shape index (κ1) is 27.8. The Hall–Kier alpha value is -3.24. The van der Waals surface area contributed by atoms with Crippen LogP contribution in [0.3, 0.4) is 0 Å². The molecule has 5 N–H and O–H groups in total. The van der Waals surface area contributed by atoms with Gasteiger partial charge in [-0.25, -0.2) is 24.0 Å². The number of fused-ring (bicyclic) bond motifs is 1. The minimum atomic E-state index is -0.261. The fraction of sp³-hybridized carbons (Fsp3) is 0.308. The molecule has 200 valence electrons. The Morgan fingerprint density at radius 2 is 2.00 bits per heavy atom. The van der Waals surface area contributed by atoms with Crippen molar-refractivity contribution < 1.29 is 26.2 Å². The van der Waals surface area contributed by atoms with Crippen LogP contribution in [-0.2, 0) is 23.5 Å². The zero-order chi connectivity index (χ0) is 25.9. The van der Waals surface area contributed by atoms with Crippen LogP contribution in [0.4, 0.5) is 15.9 Å². The molecule has 2 unspecified atom stereocenters. The van der Waals surface area contributed by atoms with E-state index in [4.69, 9.17) is 27.8 Å². The Labute approximate surface area is 235 Å². The topological polar surface area (TPSA) is 130 Å². The van der Waals surface area contributed by atoms with E-state index in [1.165, 1.54) is 12.1 Å². The summed E-state index contributed by atoms with van der Waals surface area (Å²) >= 11 is 6.26. The summed E-state index contributed by atoms with van der Waals surface area (Å²) < 4.78 is 21.1. The number of benzene rings is 2. The fourth-order valence-electron chi connectivity index (χ4n) is 4.55. The van der Waals surface area contributed by atoms with E-state index < -0.39 is 0 Å². The minimum Gasteiger partial charge on any atom is -0.491 e. The quantitative estimate of drug-likeness (QED) is 0.154. The molecule has 4 aromatic rings. The van der Waals surface area contributed by atoms with Crippen molar-refractivity contribution in [2.75, 3.05) is 24.2 Å². The summed E-state index contributed by atoms with van der Waals surface area (Å²) in [7, 11) is 0. The van der Waals surface area contributed by atoms with Gasteiger partial charge in [-0.05, 0) is 67.6 Å². The molecule has 9 nitrogen and oxygen atoms in total. The summed E-state index contributed by atoms with van der Waals surface area (Å²) in [4.78, 5) is 13.1. The molecule has 0 amide bonds. The smallest absolute Gasteiger partial charge is 0.224 e. The second-order valence-electron chi connectivity index (χ2n) is 9.09. The molecular formula is C26H28ClFFeN8O. The molecule has 5 rings (SSSR count). The van der Waals surface area contributed by atoms with Crippen molar-refractivity contribution >= 4 is 23.1 Å². The molecule has 0 bridgehead atoms. The van der Waals surface area contributed by atoms with Crippen molar-refractivity contribution in [2.45, 2.75) is 38.1 Å². The molecule has 0 radical (unpaired) electrons. The van der Waals surface area contributed by atoms with Gasteiger partial charge in [0.1, 0.15) is 35.2 Å². The Balaban J connectivity index is 0.00000336. The number of hydrogen-bond acceptors (Lipinski definition) is 8. The van der Waals surface area contributed by atoms with E-state index >= 15 is 0 Å². The van der Waals surface area contributed by atoms with Crippen LogP contribution in [0.1, 0.15) is 41.4 Å². The fourth-order valence-corrected chi connectivity index (χ4v) is 4.72. The van der Waals surface area contributed by atoms with Crippen LogP contribution in [0.25, 0.3) is 5.69 Å². The van der Waals surface area contributed by atoms with Crippen molar-refractivity contribution in [1.29, 1.82) is 0 Å². The molecule has 0 saturated carbocycles. The number of halogens is 2. The van der Waals surface area contributed by atoms with Crippen LogP contribution >= 0.6 is 11.6 Å². The first-order valence-corrected chi connectivity index (χ1v) is 12.5. The Kier molecular flexibility index (Phi) is 8.83. The van der Waals surface area contributed by atoms with E-state index in [-0.39, 0.29) is 40.1 Å². The van der Waals surface area contributed by atoms with Gasteiger partial charge in [0.2, 0.25) is 5.28 Å². The molecule has 2 heterocycles. The van der Waals surface area contributed by atoms with Gasteiger partial charge in [-0.15, -0.1) is 0 Å². The average Bonchev–Trinajstić information content (AvgIpc) is 3.49. The Morgan fingerprint density at radius 1 is 1.21 bits per heavy atom. The number of aryl methyl sites for hydroxylation is 1. The molecule has 2 atom stereocenters. The van der Waals surface area contributed by atoms with Crippen molar-refractivity contribution in [1.82, 2.24) is 24.7 Å². The van der Waals surface area contributed by atoms with Crippen LogP contribution in [0.15, 0.2) is 48.8 Å². The number of nitrogen functional groups attached to an aromatic ring is 1. The molecule has 38 heavy (non-hydrogen) atoms. The van der Waals surface area contributed by atoms with Gasteiger partial charge in [-0.3, -0.25) is 0 Å². The van der Waals surface area contributed by atoms with Gasteiger partial charge in [0.25, 0.3) is 0 Å². The van der Waals surface area contributed by atoms with Crippen LogP contribution in [-0.4, -0.2) is 43.9 Å². The summed E-state index contributed by atoms with van der Waals surface area (Å²) in [5, 5.41) is 7.87. The summed E-state index contributed by atoms with van der Waals surface area (Å²) in [6.07, 6.45) is 3.89. The summed E-state index contributed by atoms with van der Waals surface area (Å²) in [5.41, 5.74) is 16.6. The molecule has 1 aliphatic carbocycles. The molecule has 0 saturated heterocycles. The minimum absolute atomic E-state index is 0. The van der Waals surface area contributed by atoms with Gasteiger partial charge in [-0.1, -0.05) is 12.1 Å². The SMILES string of the molecule is Cc1ncn(-c2ccc(N)cc2OCCC(N)CNc2nc(Cl)nc3c2CCC3c2ccc(F)cc2)n1.[Fe]. The third kappa shape index (κ3) is 6.24. The van der Waals surface area contributed by atoms with E-state index in [0.717, 1.165) is 35.3 Å². The molecular weight excluding hydrogens is 551 g/mol. The molecule has 2 aromatic carbocycles. The summed E-state index contributed by atoms with van der Waals surface area (Å²) in [5.74, 6) is 1.76. The number of nitrogens with one attached hydrogen (secondary N) is 1. The van der Waals surface area contributed by atoms with Gasteiger partial charge in [0.05, 0.1) is 12.3 Å². The zero-order valence-electron chi connectivity index (χ0n) is 20.7. The van der Waals surface area contributed by atoms with Gasteiger partial charge in [-0.2, -0.15) is 5.10 Å². The molecule has 0 spiro atoms. The maximum Gasteiger partial charge on any atom is 0.224 e. The van der Waals surface area contributed by atoms with Gasteiger partial charge in [0.15, 0.2) is 0 Å². The van der Waals surface area contributed by atoms with Gasteiger partial charge < -0.3 is 21.5 Å². The number of nitrogens with two attached hydrogens (primary N) is 2. The third-order valence-electron chi connectivity index (χ3n) is 6.41. The maximum atomic E-state index is 13.4. The molecule has 0 fully saturated rings. The summed E-state index contributed by atoms with van der Waals surface area (Å²) in [6, 6.07) is 11.7. The van der Waals surface area contributed by atoms with E-state index in [9.17, 15) is 4.39 Å². The second kappa shape index (κ2) is 12.1. The Bertz CT molecular complexity index is 1400. The first-order valence-electron chi connectivity index (χ1n) is 12.1. The molecule has 0 aliphatic heterocycles. The summed E-state index contributed by atoms with van der Waals surface area (Å²) in [6.45, 7) is 2.70. The van der Waals surface area contributed by atoms with Gasteiger partial charge in [0, 0.05) is 52.9 Å². The van der Waals surface area contributed by atoms with E-state index in [2.05, 4.69) is 25.4 Å². The number of nitrogens with zero attached hydrogens (tertiary/aromatic N) is 5. The van der Waals surface area contributed by atoms with E-state index in [0.29, 0.717) is 42.7 Å². The number of hydrogen-bond donors (Lipinski definition) is 3. The van der Waals surface area contributed by atoms with Crippen LogP contribution in [0, 0.1) is 12.7 Å². The number of rotatable bonds is 9. The number of aromatic nitrogens is 5. The molecule has 1 aliphatic rings. The predicted octanol–water partition coefficient (Wildman–Crippen LogP) is 4.02. The zero-order valence-corrected chi connectivity index (χ0v) is 22.6. The van der Waals surface area contributed by atoms with Crippen LogP contribution in [0.5, 0.6) is 5.75 Å². The van der Waals surface area contributed by atoms with Gasteiger partial charge >= 0.3 is 0 Å². The number of ether oxygens (including phenoxy) is 1. The second-order valence-corrected chi connectivity index (χ2v) is 9.43. The van der Waals surface area contributed by atoms with E-state index in [1.54, 1.807) is 35.3 Å². The Morgan fingerprint density at radius 3 is 2.74 bits per heavy atom. The van der Waals surface area contributed by atoms with Crippen LogP contribution in [0.2, 0.25) is 5.28 Å². The monoisotopic (exact) mass is 578 g/mol. The average molecular weight is 579 g/mol. The predicted molar refractivity (Wildman–Crippen MR) is 141 cm³/mol. The van der Waals surface area contributed by atoms with Crippen molar-refractivity contribution in [3.8, 4) is 11.4 Å². The number of anilines is 2. The standard InChI is InChI=1S/C26H28ClFN8O.Fe/c1-15-32-14-36(35-15)22-9-6-18(29)12-23(22)37-11-10-19(30)13-31-25-21-8-7-20(24(21)33-26(27)34-25)16-2-4-17(28)5-3-16;/h2-6,9,12,14,19-20H,7-8,10-11,13,29-30H2,1H3,(H,31,33,34);. The van der Waals surface area contributed by atoms with Crippen LogP contribution < -0.4 is 21.5 Å². The van der Waals surface area contributed by atoms with E-state index in [1.807, 2.05) is 13.0 Å². The maximum absolute atomic E-state index is 13.4. The van der Waals surface area contributed by atoms with Crippen molar-refractivity contribution in [2.24, 2.45) is 5.73 Å². The third-order valence-corrected chi connectivity index (χ3v) is 6.58. The molecule has 12 heteroatoms.